The summed E-state index contributed by atoms with van der Waals surface area (Å²) in [6.07, 6.45) is 1.66. The molecule has 1 unspecified atom stereocenters. The summed E-state index contributed by atoms with van der Waals surface area (Å²) >= 11 is 1.32. The van der Waals surface area contributed by atoms with E-state index >= 15 is 0 Å². The average molecular weight is 284 g/mol. The van der Waals surface area contributed by atoms with Gasteiger partial charge in [-0.05, 0) is 25.7 Å². The van der Waals surface area contributed by atoms with Crippen molar-refractivity contribution in [3.05, 3.63) is 16.1 Å². The number of thiazole rings is 1. The van der Waals surface area contributed by atoms with Crippen LogP contribution in [0.5, 0.6) is 0 Å². The molecule has 7 heteroatoms. The molecular formula is C12H16N2O4S. The minimum absolute atomic E-state index is 0.00558. The van der Waals surface area contributed by atoms with Crippen LogP contribution in [0.1, 0.15) is 35.3 Å². The van der Waals surface area contributed by atoms with Crippen LogP contribution in [0.3, 0.4) is 0 Å². The zero-order valence-corrected chi connectivity index (χ0v) is 11.6. The fraction of sp³-hybridized carbons (Fsp3) is 0.583. The van der Waals surface area contributed by atoms with Crippen molar-refractivity contribution >= 4 is 23.2 Å². The number of hydrogen-bond acceptors (Lipinski definition) is 5. The molecule has 1 aromatic heterocycles. The highest BCUT2D eigenvalue weighted by Crippen LogP contribution is 2.39. The summed E-state index contributed by atoms with van der Waals surface area (Å²) in [5, 5.41) is 14.2. The molecule has 0 radical (unpaired) electrons. The normalized spacial score (nSPS) is 17.8. The van der Waals surface area contributed by atoms with Gasteiger partial charge >= 0.3 is 5.97 Å². The third-order valence-electron chi connectivity index (χ3n) is 3.26. The Labute approximate surface area is 114 Å². The van der Waals surface area contributed by atoms with Crippen LogP contribution in [-0.2, 0) is 16.1 Å². The van der Waals surface area contributed by atoms with Crippen molar-refractivity contribution in [1.29, 1.82) is 0 Å². The molecule has 1 heterocycles. The molecule has 104 valence electrons. The third-order valence-corrected chi connectivity index (χ3v) is 4.09. The summed E-state index contributed by atoms with van der Waals surface area (Å²) < 4.78 is 4.93. The van der Waals surface area contributed by atoms with Crippen molar-refractivity contribution in [2.45, 2.75) is 31.9 Å². The summed E-state index contributed by atoms with van der Waals surface area (Å²) in [7, 11) is 1.55. The van der Waals surface area contributed by atoms with Crippen molar-refractivity contribution in [2.24, 2.45) is 5.92 Å². The van der Waals surface area contributed by atoms with Crippen LogP contribution < -0.4 is 5.32 Å². The van der Waals surface area contributed by atoms with E-state index in [1.807, 2.05) is 0 Å². The number of nitrogens with zero attached hydrogens (tertiary/aromatic N) is 1. The first-order valence-corrected chi connectivity index (χ1v) is 6.84. The number of carbonyl (C=O) groups excluding carboxylic acids is 1. The molecule has 1 saturated carbocycles. The molecule has 1 aromatic rings. The second kappa shape index (κ2) is 5.26. The van der Waals surface area contributed by atoms with Gasteiger partial charge in [0.25, 0.3) is 5.91 Å². The van der Waals surface area contributed by atoms with Gasteiger partial charge in [0.2, 0.25) is 0 Å². The van der Waals surface area contributed by atoms with Gasteiger partial charge in [-0.3, -0.25) is 4.79 Å². The lowest BCUT2D eigenvalue weighted by molar-refractivity contribution is -0.144. The number of nitrogens with one attached hydrogen (secondary N) is 1. The van der Waals surface area contributed by atoms with Crippen LogP contribution in [0.2, 0.25) is 0 Å². The van der Waals surface area contributed by atoms with E-state index in [0.29, 0.717) is 11.6 Å². The third kappa shape index (κ3) is 2.93. The Bertz CT molecular complexity index is 498. The molecule has 2 N–H and O–H groups in total. The number of carboxylic acids is 1. The van der Waals surface area contributed by atoms with E-state index in [-0.39, 0.29) is 11.6 Å². The summed E-state index contributed by atoms with van der Waals surface area (Å²) in [4.78, 5) is 27.5. The summed E-state index contributed by atoms with van der Waals surface area (Å²) in [6.45, 7) is 1.89. The molecule has 1 aliphatic rings. The first kappa shape index (κ1) is 14.0. The van der Waals surface area contributed by atoms with Gasteiger partial charge in [0, 0.05) is 12.5 Å². The highest BCUT2D eigenvalue weighted by Gasteiger charge is 2.48. The second-order valence-corrected chi connectivity index (χ2v) is 5.74. The maximum absolute atomic E-state index is 12.0. The number of ether oxygens (including phenoxy) is 1. The van der Waals surface area contributed by atoms with Crippen LogP contribution in [0.15, 0.2) is 5.38 Å². The van der Waals surface area contributed by atoms with Gasteiger partial charge in [-0.1, -0.05) is 0 Å². The number of hydrogen-bond donors (Lipinski definition) is 2. The molecule has 6 nitrogen and oxygen atoms in total. The Balaban J connectivity index is 2.08. The Hall–Kier alpha value is -1.47. The average Bonchev–Trinajstić information content (AvgIpc) is 3.10. The molecule has 1 fully saturated rings. The van der Waals surface area contributed by atoms with E-state index in [9.17, 15) is 14.7 Å². The van der Waals surface area contributed by atoms with Gasteiger partial charge in [0.05, 0.1) is 6.61 Å². The van der Waals surface area contributed by atoms with Gasteiger partial charge in [-0.15, -0.1) is 11.3 Å². The second-order valence-electron chi connectivity index (χ2n) is 4.80. The van der Waals surface area contributed by atoms with Crippen LogP contribution in [-0.4, -0.2) is 34.6 Å². The molecule has 1 amide bonds. The molecule has 0 bridgehead atoms. The van der Waals surface area contributed by atoms with E-state index in [1.54, 1.807) is 19.4 Å². The lowest BCUT2D eigenvalue weighted by Crippen LogP contribution is -2.54. The smallest absolute Gasteiger partial charge is 0.329 e. The van der Waals surface area contributed by atoms with Gasteiger partial charge in [0.1, 0.15) is 16.2 Å². The van der Waals surface area contributed by atoms with E-state index in [4.69, 9.17) is 4.74 Å². The summed E-state index contributed by atoms with van der Waals surface area (Å²) in [5.41, 5.74) is -0.965. The quantitative estimate of drug-likeness (QED) is 0.821. The Morgan fingerprint density at radius 2 is 2.32 bits per heavy atom. The predicted octanol–water partition coefficient (Wildman–Crippen LogP) is 1.27. The molecule has 0 saturated heterocycles. The Kier molecular flexibility index (Phi) is 3.86. The maximum atomic E-state index is 12.0. The van der Waals surface area contributed by atoms with Crippen LogP contribution in [0.4, 0.5) is 0 Å². The van der Waals surface area contributed by atoms with Gasteiger partial charge in [-0.2, -0.15) is 0 Å². The number of carboxylic acid groups (broad SMARTS) is 1. The van der Waals surface area contributed by atoms with Crippen LogP contribution in [0.25, 0.3) is 0 Å². The molecule has 19 heavy (non-hydrogen) atoms. The fourth-order valence-electron chi connectivity index (χ4n) is 1.90. The SMILES string of the molecule is COCc1nc(C(=O)NC(C)(C(=O)O)C2CC2)cs1. The molecule has 0 aromatic carbocycles. The van der Waals surface area contributed by atoms with E-state index in [1.165, 1.54) is 11.3 Å². The van der Waals surface area contributed by atoms with Crippen molar-refractivity contribution in [3.63, 3.8) is 0 Å². The standard InChI is InChI=1S/C12H16N2O4S/c1-12(11(16)17,7-3-4-7)14-10(15)8-6-19-9(13-8)5-18-2/h6-7H,3-5H2,1-2H3,(H,14,15)(H,16,17). The fourth-order valence-corrected chi connectivity index (χ4v) is 2.64. The highest BCUT2D eigenvalue weighted by molar-refractivity contribution is 7.09. The van der Waals surface area contributed by atoms with E-state index in [0.717, 1.165) is 12.8 Å². The van der Waals surface area contributed by atoms with Gasteiger partial charge < -0.3 is 15.2 Å². The molecule has 0 aliphatic heterocycles. The van der Waals surface area contributed by atoms with E-state index in [2.05, 4.69) is 10.3 Å². The number of carbonyl (C=O) groups is 2. The Morgan fingerprint density at radius 3 is 2.84 bits per heavy atom. The number of rotatable bonds is 6. The zero-order valence-electron chi connectivity index (χ0n) is 10.8. The zero-order chi connectivity index (χ0) is 14.0. The van der Waals surface area contributed by atoms with Crippen molar-refractivity contribution < 1.29 is 19.4 Å². The maximum Gasteiger partial charge on any atom is 0.329 e. The molecule has 2 rings (SSSR count). The highest BCUT2D eigenvalue weighted by atomic mass is 32.1. The molecular weight excluding hydrogens is 268 g/mol. The number of aromatic nitrogens is 1. The largest absolute Gasteiger partial charge is 0.480 e. The van der Waals surface area contributed by atoms with Crippen molar-refractivity contribution in [2.75, 3.05) is 7.11 Å². The first-order valence-electron chi connectivity index (χ1n) is 5.96. The monoisotopic (exact) mass is 284 g/mol. The van der Waals surface area contributed by atoms with Crippen LogP contribution in [0, 0.1) is 5.92 Å². The molecule has 1 aliphatic carbocycles. The van der Waals surface area contributed by atoms with Crippen molar-refractivity contribution in [1.82, 2.24) is 10.3 Å². The first-order chi connectivity index (χ1) is 8.97. The van der Waals surface area contributed by atoms with Gasteiger partial charge in [-0.25, -0.2) is 9.78 Å². The minimum atomic E-state index is -1.21. The van der Waals surface area contributed by atoms with Crippen molar-refractivity contribution in [3.8, 4) is 0 Å². The van der Waals surface area contributed by atoms with Crippen LogP contribution >= 0.6 is 11.3 Å². The number of aliphatic carboxylic acids is 1. The lowest BCUT2D eigenvalue weighted by atomic mass is 9.96. The summed E-state index contributed by atoms with van der Waals surface area (Å²) in [6, 6.07) is 0. The molecule has 1 atom stereocenters. The lowest BCUT2D eigenvalue weighted by Gasteiger charge is -2.25. The minimum Gasteiger partial charge on any atom is -0.480 e. The molecule has 0 spiro atoms. The Morgan fingerprint density at radius 1 is 1.63 bits per heavy atom. The van der Waals surface area contributed by atoms with Gasteiger partial charge in [0.15, 0.2) is 0 Å². The predicted molar refractivity (Wildman–Crippen MR) is 69.1 cm³/mol. The number of methoxy groups -OCH3 is 1. The van der Waals surface area contributed by atoms with E-state index < -0.39 is 17.4 Å². The topological polar surface area (TPSA) is 88.5 Å². The summed E-state index contributed by atoms with van der Waals surface area (Å²) in [5.74, 6) is -1.45. The number of amides is 1.